The molecule has 0 aliphatic rings. The fraction of sp³-hybridized carbons (Fsp3) is 0.154. The second-order valence-electron chi connectivity index (χ2n) is 3.53. The third-order valence-corrected chi connectivity index (χ3v) is 2.63. The predicted molar refractivity (Wildman–Crippen MR) is 64.0 cm³/mol. The SMILES string of the molecule is COc1ccc2c(C(=O)O)ccc(OC)c2c1. The number of carbonyl (C=O) groups is 1. The van der Waals surface area contributed by atoms with Gasteiger partial charge in [-0.3, -0.25) is 0 Å². The Morgan fingerprint density at radius 3 is 2.41 bits per heavy atom. The molecule has 4 heteroatoms. The summed E-state index contributed by atoms with van der Waals surface area (Å²) < 4.78 is 10.3. The molecule has 0 unspecified atom stereocenters. The van der Waals surface area contributed by atoms with Crippen LogP contribution in [0.4, 0.5) is 0 Å². The number of methoxy groups -OCH3 is 2. The van der Waals surface area contributed by atoms with E-state index < -0.39 is 5.97 Å². The van der Waals surface area contributed by atoms with Gasteiger partial charge in [-0.15, -0.1) is 0 Å². The average molecular weight is 232 g/mol. The van der Waals surface area contributed by atoms with Gasteiger partial charge in [-0.2, -0.15) is 0 Å². The van der Waals surface area contributed by atoms with Crippen LogP contribution in [0.2, 0.25) is 0 Å². The third-order valence-electron chi connectivity index (χ3n) is 2.63. The molecule has 0 heterocycles. The third kappa shape index (κ3) is 1.89. The average Bonchev–Trinajstić information content (AvgIpc) is 2.36. The van der Waals surface area contributed by atoms with Crippen molar-refractivity contribution in [1.82, 2.24) is 0 Å². The molecule has 0 atom stereocenters. The van der Waals surface area contributed by atoms with Crippen LogP contribution in [0.3, 0.4) is 0 Å². The molecule has 0 aromatic heterocycles. The number of fused-ring (bicyclic) bond motifs is 1. The van der Waals surface area contributed by atoms with Crippen molar-refractivity contribution in [3.63, 3.8) is 0 Å². The number of carboxylic acids is 1. The summed E-state index contributed by atoms with van der Waals surface area (Å²) in [6.07, 6.45) is 0. The summed E-state index contributed by atoms with van der Waals surface area (Å²) in [6.45, 7) is 0. The van der Waals surface area contributed by atoms with Crippen LogP contribution in [-0.4, -0.2) is 25.3 Å². The minimum Gasteiger partial charge on any atom is -0.497 e. The Morgan fingerprint density at radius 2 is 1.82 bits per heavy atom. The number of hydrogen-bond acceptors (Lipinski definition) is 3. The summed E-state index contributed by atoms with van der Waals surface area (Å²) in [4.78, 5) is 11.1. The number of hydrogen-bond donors (Lipinski definition) is 1. The maximum Gasteiger partial charge on any atom is 0.336 e. The molecular weight excluding hydrogens is 220 g/mol. The number of rotatable bonds is 3. The fourth-order valence-electron chi connectivity index (χ4n) is 1.79. The summed E-state index contributed by atoms with van der Waals surface area (Å²) in [5, 5.41) is 10.5. The maximum atomic E-state index is 11.1. The molecule has 0 aliphatic carbocycles. The van der Waals surface area contributed by atoms with Gasteiger partial charge >= 0.3 is 5.97 Å². The number of carboxylic acid groups (broad SMARTS) is 1. The van der Waals surface area contributed by atoms with Crippen molar-refractivity contribution in [2.24, 2.45) is 0 Å². The van der Waals surface area contributed by atoms with E-state index in [9.17, 15) is 4.79 Å². The Hall–Kier alpha value is -2.23. The van der Waals surface area contributed by atoms with Gasteiger partial charge in [0, 0.05) is 10.8 Å². The molecule has 0 saturated heterocycles. The normalized spacial score (nSPS) is 10.2. The topological polar surface area (TPSA) is 55.8 Å². The lowest BCUT2D eigenvalue weighted by Crippen LogP contribution is -1.98. The highest BCUT2D eigenvalue weighted by atomic mass is 16.5. The van der Waals surface area contributed by atoms with Crippen LogP contribution in [0.5, 0.6) is 11.5 Å². The van der Waals surface area contributed by atoms with E-state index in [0.29, 0.717) is 16.9 Å². The van der Waals surface area contributed by atoms with Gasteiger partial charge in [0.05, 0.1) is 19.8 Å². The van der Waals surface area contributed by atoms with Gasteiger partial charge in [0.2, 0.25) is 0 Å². The lowest BCUT2D eigenvalue weighted by Gasteiger charge is -2.09. The van der Waals surface area contributed by atoms with Gasteiger partial charge in [0.1, 0.15) is 11.5 Å². The minimum absolute atomic E-state index is 0.253. The standard InChI is InChI=1S/C13H12O4/c1-16-8-3-4-9-10(13(14)15)5-6-12(17-2)11(9)7-8/h3-7H,1-2H3,(H,14,15). The Kier molecular flexibility index (Phi) is 2.87. The van der Waals surface area contributed by atoms with Crippen molar-refractivity contribution in [2.45, 2.75) is 0 Å². The first-order valence-corrected chi connectivity index (χ1v) is 5.05. The van der Waals surface area contributed by atoms with E-state index in [4.69, 9.17) is 14.6 Å². The molecule has 4 nitrogen and oxygen atoms in total. The van der Waals surface area contributed by atoms with Crippen molar-refractivity contribution in [3.05, 3.63) is 35.9 Å². The van der Waals surface area contributed by atoms with E-state index >= 15 is 0 Å². The van der Waals surface area contributed by atoms with Crippen molar-refractivity contribution in [1.29, 1.82) is 0 Å². The van der Waals surface area contributed by atoms with Gasteiger partial charge in [-0.05, 0) is 30.3 Å². The molecule has 0 amide bonds. The number of ether oxygens (including phenoxy) is 2. The largest absolute Gasteiger partial charge is 0.497 e. The van der Waals surface area contributed by atoms with Gasteiger partial charge in [-0.25, -0.2) is 4.79 Å². The van der Waals surface area contributed by atoms with Crippen molar-refractivity contribution >= 4 is 16.7 Å². The minimum atomic E-state index is -0.956. The molecule has 88 valence electrons. The van der Waals surface area contributed by atoms with Crippen LogP contribution in [-0.2, 0) is 0 Å². The molecule has 0 aliphatic heterocycles. The molecule has 2 aromatic carbocycles. The second kappa shape index (κ2) is 4.33. The highest BCUT2D eigenvalue weighted by molar-refractivity contribution is 6.06. The highest BCUT2D eigenvalue weighted by Crippen LogP contribution is 2.31. The van der Waals surface area contributed by atoms with E-state index in [0.717, 1.165) is 5.39 Å². The first-order valence-electron chi connectivity index (χ1n) is 5.05. The van der Waals surface area contributed by atoms with Crippen molar-refractivity contribution in [3.8, 4) is 11.5 Å². The fourth-order valence-corrected chi connectivity index (χ4v) is 1.79. The molecule has 0 fully saturated rings. The highest BCUT2D eigenvalue weighted by Gasteiger charge is 2.12. The Bertz CT molecular complexity index is 575. The van der Waals surface area contributed by atoms with Gasteiger partial charge in [-0.1, -0.05) is 0 Å². The zero-order valence-electron chi connectivity index (χ0n) is 9.56. The van der Waals surface area contributed by atoms with E-state index in [1.165, 1.54) is 6.07 Å². The van der Waals surface area contributed by atoms with Crippen LogP contribution >= 0.6 is 0 Å². The monoisotopic (exact) mass is 232 g/mol. The molecule has 0 saturated carbocycles. The smallest absolute Gasteiger partial charge is 0.336 e. The first-order chi connectivity index (χ1) is 8.17. The molecule has 0 radical (unpaired) electrons. The summed E-state index contributed by atoms with van der Waals surface area (Å²) in [7, 11) is 3.11. The van der Waals surface area contributed by atoms with Crippen LogP contribution in [0.1, 0.15) is 10.4 Å². The van der Waals surface area contributed by atoms with Crippen LogP contribution in [0.25, 0.3) is 10.8 Å². The van der Waals surface area contributed by atoms with E-state index in [-0.39, 0.29) is 5.56 Å². The van der Waals surface area contributed by atoms with Gasteiger partial charge < -0.3 is 14.6 Å². The molecule has 0 spiro atoms. The quantitative estimate of drug-likeness (QED) is 0.883. The van der Waals surface area contributed by atoms with E-state index in [2.05, 4.69) is 0 Å². The first kappa shape index (κ1) is 11.3. The van der Waals surface area contributed by atoms with Crippen LogP contribution in [0.15, 0.2) is 30.3 Å². The lowest BCUT2D eigenvalue weighted by atomic mass is 10.0. The zero-order valence-corrected chi connectivity index (χ0v) is 9.56. The Labute approximate surface area is 98.4 Å². The Balaban J connectivity index is 2.79. The summed E-state index contributed by atoms with van der Waals surface area (Å²) >= 11 is 0. The molecule has 17 heavy (non-hydrogen) atoms. The predicted octanol–water partition coefficient (Wildman–Crippen LogP) is 2.56. The summed E-state index contributed by atoms with van der Waals surface area (Å²) in [5.74, 6) is 0.338. The summed E-state index contributed by atoms with van der Waals surface area (Å²) in [6, 6.07) is 8.40. The molecular formula is C13H12O4. The van der Waals surface area contributed by atoms with E-state index in [1.807, 2.05) is 0 Å². The molecule has 1 N–H and O–H groups in total. The summed E-state index contributed by atoms with van der Waals surface area (Å²) in [5.41, 5.74) is 0.253. The van der Waals surface area contributed by atoms with Crippen LogP contribution in [0, 0.1) is 0 Å². The van der Waals surface area contributed by atoms with Gasteiger partial charge in [0.15, 0.2) is 0 Å². The molecule has 2 rings (SSSR count). The lowest BCUT2D eigenvalue weighted by molar-refractivity contribution is 0.0699. The molecule has 0 bridgehead atoms. The van der Waals surface area contributed by atoms with Gasteiger partial charge in [0.25, 0.3) is 0 Å². The number of aromatic carboxylic acids is 1. The van der Waals surface area contributed by atoms with Crippen molar-refractivity contribution in [2.75, 3.05) is 14.2 Å². The number of benzene rings is 2. The maximum absolute atomic E-state index is 11.1. The second-order valence-corrected chi connectivity index (χ2v) is 3.53. The molecule has 2 aromatic rings. The van der Waals surface area contributed by atoms with E-state index in [1.54, 1.807) is 38.5 Å². The zero-order chi connectivity index (χ0) is 12.4. The Morgan fingerprint density at radius 1 is 1.06 bits per heavy atom. The van der Waals surface area contributed by atoms with Crippen molar-refractivity contribution < 1.29 is 19.4 Å². The van der Waals surface area contributed by atoms with Crippen LogP contribution < -0.4 is 9.47 Å².